The molecule has 0 unspecified atom stereocenters. The zero-order valence-electron chi connectivity index (χ0n) is 15.0. The predicted octanol–water partition coefficient (Wildman–Crippen LogP) is 3.55. The van der Waals surface area contributed by atoms with E-state index in [0.717, 1.165) is 6.42 Å². The summed E-state index contributed by atoms with van der Waals surface area (Å²) in [5.41, 5.74) is 0.477. The first-order valence-corrected chi connectivity index (χ1v) is 8.80. The number of hydrogen-bond donors (Lipinski definition) is 1. The lowest BCUT2D eigenvalue weighted by Crippen LogP contribution is -2.21. The zero-order chi connectivity index (χ0) is 18.1. The smallest absolute Gasteiger partial charge is 0.306 e. The van der Waals surface area contributed by atoms with Crippen LogP contribution in [-0.4, -0.2) is 32.7 Å². The van der Waals surface area contributed by atoms with Gasteiger partial charge < -0.3 is 19.5 Å². The van der Waals surface area contributed by atoms with E-state index in [2.05, 4.69) is 5.32 Å². The molecule has 0 radical (unpaired) electrons. The highest BCUT2D eigenvalue weighted by molar-refractivity contribution is 5.94. The summed E-state index contributed by atoms with van der Waals surface area (Å²) in [6.07, 6.45) is 7.43. The van der Waals surface area contributed by atoms with Crippen LogP contribution in [0.15, 0.2) is 18.2 Å². The van der Waals surface area contributed by atoms with E-state index in [1.807, 2.05) is 0 Å². The second kappa shape index (κ2) is 9.91. The molecular weight excluding hydrogens is 322 g/mol. The van der Waals surface area contributed by atoms with Gasteiger partial charge >= 0.3 is 5.97 Å². The molecule has 0 atom stereocenters. The third kappa shape index (κ3) is 6.29. The molecule has 2 rings (SSSR count). The Morgan fingerprint density at radius 2 is 1.88 bits per heavy atom. The van der Waals surface area contributed by atoms with Crippen molar-refractivity contribution in [3.63, 3.8) is 0 Å². The number of carbonyl (C=O) groups is 2. The van der Waals surface area contributed by atoms with Crippen molar-refractivity contribution in [2.45, 2.75) is 44.9 Å². The van der Waals surface area contributed by atoms with E-state index in [9.17, 15) is 9.59 Å². The van der Waals surface area contributed by atoms with Gasteiger partial charge in [-0.05, 0) is 24.5 Å². The Hall–Kier alpha value is -2.24. The van der Waals surface area contributed by atoms with Crippen LogP contribution in [0, 0.1) is 5.92 Å². The summed E-state index contributed by atoms with van der Waals surface area (Å²) in [7, 11) is 3.06. The average molecular weight is 349 g/mol. The number of hydrogen-bond acceptors (Lipinski definition) is 5. The van der Waals surface area contributed by atoms with Gasteiger partial charge in [-0.3, -0.25) is 9.59 Å². The third-order valence-corrected chi connectivity index (χ3v) is 4.53. The molecule has 25 heavy (non-hydrogen) atoms. The lowest BCUT2D eigenvalue weighted by Gasteiger charge is -2.20. The average Bonchev–Trinajstić information content (AvgIpc) is 2.65. The molecule has 138 valence electrons. The number of benzene rings is 1. The van der Waals surface area contributed by atoms with Crippen LogP contribution in [0.1, 0.15) is 44.9 Å². The summed E-state index contributed by atoms with van der Waals surface area (Å²) in [4.78, 5) is 23.8. The van der Waals surface area contributed by atoms with Crippen LogP contribution >= 0.6 is 0 Å². The molecule has 0 aromatic heterocycles. The number of esters is 1. The molecule has 1 aromatic rings. The van der Waals surface area contributed by atoms with Crippen molar-refractivity contribution in [3.8, 4) is 11.5 Å². The first-order valence-electron chi connectivity index (χ1n) is 8.80. The van der Waals surface area contributed by atoms with Crippen molar-refractivity contribution in [3.05, 3.63) is 18.2 Å². The van der Waals surface area contributed by atoms with Gasteiger partial charge in [0, 0.05) is 12.5 Å². The van der Waals surface area contributed by atoms with Crippen molar-refractivity contribution in [1.29, 1.82) is 0 Å². The normalized spacial score (nSPS) is 14.6. The monoisotopic (exact) mass is 349 g/mol. The van der Waals surface area contributed by atoms with Crippen LogP contribution in [0.2, 0.25) is 0 Å². The largest absolute Gasteiger partial charge is 0.497 e. The van der Waals surface area contributed by atoms with E-state index >= 15 is 0 Å². The zero-order valence-corrected chi connectivity index (χ0v) is 15.0. The molecule has 6 heteroatoms. The number of rotatable bonds is 8. The highest BCUT2D eigenvalue weighted by atomic mass is 16.5. The van der Waals surface area contributed by atoms with Crippen molar-refractivity contribution in [2.75, 3.05) is 26.1 Å². The summed E-state index contributed by atoms with van der Waals surface area (Å²) in [5, 5.41) is 2.68. The van der Waals surface area contributed by atoms with Crippen molar-refractivity contribution in [2.24, 2.45) is 5.92 Å². The molecule has 0 spiro atoms. The number of methoxy groups -OCH3 is 2. The Morgan fingerprint density at radius 3 is 2.56 bits per heavy atom. The van der Waals surface area contributed by atoms with Gasteiger partial charge in [-0.2, -0.15) is 0 Å². The quantitative estimate of drug-likeness (QED) is 0.727. The summed E-state index contributed by atoms with van der Waals surface area (Å²) in [6, 6.07) is 5.09. The molecule has 1 aromatic carbocycles. The molecule has 1 saturated carbocycles. The number of nitrogens with one attached hydrogen (secondary N) is 1. The molecule has 1 aliphatic carbocycles. The Balaban J connectivity index is 1.75. The maximum Gasteiger partial charge on any atom is 0.306 e. The Kier molecular flexibility index (Phi) is 7.57. The predicted molar refractivity (Wildman–Crippen MR) is 94.9 cm³/mol. The first-order chi connectivity index (χ1) is 12.1. The first kappa shape index (κ1) is 19.1. The van der Waals surface area contributed by atoms with Crippen LogP contribution < -0.4 is 14.8 Å². The summed E-state index contributed by atoms with van der Waals surface area (Å²) in [5.74, 6) is 1.01. The van der Waals surface area contributed by atoms with Gasteiger partial charge in [0.25, 0.3) is 5.91 Å². The lowest BCUT2D eigenvalue weighted by molar-refractivity contribution is -0.147. The second-order valence-electron chi connectivity index (χ2n) is 6.32. The van der Waals surface area contributed by atoms with Crippen LogP contribution in [0.3, 0.4) is 0 Å². The van der Waals surface area contributed by atoms with Gasteiger partial charge in [0.1, 0.15) is 11.5 Å². The lowest BCUT2D eigenvalue weighted by atomic mass is 9.86. The van der Waals surface area contributed by atoms with E-state index in [1.54, 1.807) is 25.3 Å². The minimum absolute atomic E-state index is 0.302. The highest BCUT2D eigenvalue weighted by Crippen LogP contribution is 2.29. The van der Waals surface area contributed by atoms with Gasteiger partial charge in [-0.25, -0.2) is 0 Å². The number of ether oxygens (including phenoxy) is 3. The molecule has 1 fully saturated rings. The van der Waals surface area contributed by atoms with Crippen molar-refractivity contribution < 1.29 is 23.8 Å². The number of carbonyl (C=O) groups excluding carboxylic acids is 2. The third-order valence-electron chi connectivity index (χ3n) is 4.53. The Morgan fingerprint density at radius 1 is 1.12 bits per heavy atom. The fourth-order valence-electron chi connectivity index (χ4n) is 3.11. The summed E-state index contributed by atoms with van der Waals surface area (Å²) < 4.78 is 15.4. The fraction of sp³-hybridized carbons (Fsp3) is 0.579. The molecule has 1 aliphatic rings. The van der Waals surface area contributed by atoms with Gasteiger partial charge in [0.05, 0.1) is 19.9 Å². The van der Waals surface area contributed by atoms with E-state index in [0.29, 0.717) is 29.5 Å². The molecule has 6 nitrogen and oxygen atoms in total. The maximum absolute atomic E-state index is 12.0. The summed E-state index contributed by atoms with van der Waals surface area (Å²) >= 11 is 0. The van der Waals surface area contributed by atoms with E-state index < -0.39 is 5.91 Å². The number of anilines is 1. The van der Waals surface area contributed by atoms with Crippen LogP contribution in [0.4, 0.5) is 5.69 Å². The molecule has 0 heterocycles. The molecule has 0 aliphatic heterocycles. The van der Waals surface area contributed by atoms with E-state index in [-0.39, 0.29) is 12.6 Å². The van der Waals surface area contributed by atoms with E-state index in [1.165, 1.54) is 39.2 Å². The standard InChI is InChI=1S/C19H27NO5/c1-23-15-9-10-17(24-2)16(12-15)20-18(21)13-25-19(22)11-8-14-6-4-3-5-7-14/h9-10,12,14H,3-8,11,13H2,1-2H3,(H,20,21). The molecule has 1 amide bonds. The maximum atomic E-state index is 12.0. The molecule has 0 saturated heterocycles. The molecular formula is C19H27NO5. The van der Waals surface area contributed by atoms with Crippen molar-refractivity contribution >= 4 is 17.6 Å². The number of amides is 1. The van der Waals surface area contributed by atoms with Gasteiger partial charge in [-0.15, -0.1) is 0 Å². The molecule has 1 N–H and O–H groups in total. The minimum Gasteiger partial charge on any atom is -0.497 e. The van der Waals surface area contributed by atoms with Gasteiger partial charge in [-0.1, -0.05) is 32.1 Å². The summed E-state index contributed by atoms with van der Waals surface area (Å²) in [6.45, 7) is -0.302. The second-order valence-corrected chi connectivity index (χ2v) is 6.32. The molecule has 0 bridgehead atoms. The van der Waals surface area contributed by atoms with Gasteiger partial charge in [0.15, 0.2) is 6.61 Å². The van der Waals surface area contributed by atoms with E-state index in [4.69, 9.17) is 14.2 Å². The minimum atomic E-state index is -0.405. The van der Waals surface area contributed by atoms with Crippen LogP contribution in [-0.2, 0) is 14.3 Å². The van der Waals surface area contributed by atoms with Crippen LogP contribution in [0.5, 0.6) is 11.5 Å². The van der Waals surface area contributed by atoms with Gasteiger partial charge in [0.2, 0.25) is 0 Å². The Bertz CT molecular complexity index is 581. The fourth-order valence-corrected chi connectivity index (χ4v) is 3.11. The van der Waals surface area contributed by atoms with Crippen LogP contribution in [0.25, 0.3) is 0 Å². The van der Waals surface area contributed by atoms with Crippen molar-refractivity contribution in [1.82, 2.24) is 0 Å². The highest BCUT2D eigenvalue weighted by Gasteiger charge is 2.16. The Labute approximate surface area is 148 Å². The SMILES string of the molecule is COc1ccc(OC)c(NC(=O)COC(=O)CCC2CCCCC2)c1. The topological polar surface area (TPSA) is 73.9 Å².